The average molecular weight is 426 g/mol. The Bertz CT molecular complexity index is 1340. The zero-order valence-electron chi connectivity index (χ0n) is 16.8. The van der Waals surface area contributed by atoms with E-state index in [0.717, 1.165) is 5.39 Å². The second-order valence-corrected chi connectivity index (χ2v) is 7.49. The summed E-state index contributed by atoms with van der Waals surface area (Å²) in [5.41, 5.74) is 1.50. The van der Waals surface area contributed by atoms with Crippen LogP contribution in [0.4, 0.5) is 0 Å². The van der Waals surface area contributed by atoms with E-state index >= 15 is 0 Å². The van der Waals surface area contributed by atoms with Gasteiger partial charge in [-0.2, -0.15) is 0 Å². The molecule has 0 radical (unpaired) electrons. The molecule has 0 aliphatic carbocycles. The fraction of sp³-hybridized carbons (Fsp3) is 0.0800. The summed E-state index contributed by atoms with van der Waals surface area (Å²) in [4.78, 5) is 32.1. The van der Waals surface area contributed by atoms with Crippen molar-refractivity contribution in [3.05, 3.63) is 107 Å². The Hall–Kier alpha value is -4.39. The second kappa shape index (κ2) is 7.70. The fourth-order valence-corrected chi connectivity index (χ4v) is 3.98. The molecule has 1 amide bonds. The van der Waals surface area contributed by atoms with Crippen LogP contribution in [0, 0.1) is 0 Å². The third-order valence-corrected chi connectivity index (χ3v) is 5.44. The molecule has 0 fully saturated rings. The van der Waals surface area contributed by atoms with Crippen molar-refractivity contribution in [1.29, 1.82) is 0 Å². The van der Waals surface area contributed by atoms with Gasteiger partial charge in [0.1, 0.15) is 11.3 Å². The number of furan rings is 1. The number of ketones is 1. The molecular formula is C25H18N2O5. The number of rotatable bonds is 5. The molecule has 4 aromatic rings. The number of nitrogens with zero attached hydrogens (tertiary/aromatic N) is 2. The predicted molar refractivity (Wildman–Crippen MR) is 116 cm³/mol. The van der Waals surface area contributed by atoms with E-state index in [1.165, 1.54) is 17.0 Å². The number of fused-ring (bicyclic) bond motifs is 1. The number of aromatic hydroxyl groups is 1. The Labute approximate surface area is 182 Å². The molecule has 2 aromatic carbocycles. The lowest BCUT2D eigenvalue weighted by molar-refractivity contribution is -0.130. The van der Waals surface area contributed by atoms with Gasteiger partial charge in [0.2, 0.25) is 5.78 Å². The van der Waals surface area contributed by atoms with E-state index < -0.39 is 23.5 Å². The van der Waals surface area contributed by atoms with Crippen LogP contribution in [0.25, 0.3) is 11.0 Å². The van der Waals surface area contributed by atoms with E-state index in [0.29, 0.717) is 16.8 Å². The molecule has 5 rings (SSSR count). The molecule has 0 saturated carbocycles. The minimum absolute atomic E-state index is 0.0188. The monoisotopic (exact) mass is 426 g/mol. The number of hydrogen-bond acceptors (Lipinski definition) is 6. The smallest absolute Gasteiger partial charge is 0.290 e. The minimum atomic E-state index is -0.919. The van der Waals surface area contributed by atoms with E-state index in [9.17, 15) is 19.8 Å². The van der Waals surface area contributed by atoms with Gasteiger partial charge in [0, 0.05) is 11.6 Å². The van der Waals surface area contributed by atoms with Crippen LogP contribution in [0.1, 0.15) is 27.9 Å². The van der Waals surface area contributed by atoms with Crippen molar-refractivity contribution in [2.24, 2.45) is 0 Å². The molecule has 3 heterocycles. The number of phenolic OH excluding ortho intramolecular Hbond substituents is 1. The molecular weight excluding hydrogens is 408 g/mol. The highest BCUT2D eigenvalue weighted by Gasteiger charge is 2.44. The molecule has 32 heavy (non-hydrogen) atoms. The lowest BCUT2D eigenvalue weighted by atomic mass is 9.94. The first-order valence-electron chi connectivity index (χ1n) is 9.99. The third kappa shape index (κ3) is 3.30. The van der Waals surface area contributed by atoms with Crippen LogP contribution in [-0.2, 0) is 11.3 Å². The fourth-order valence-electron chi connectivity index (χ4n) is 3.98. The Kier molecular flexibility index (Phi) is 4.71. The summed E-state index contributed by atoms with van der Waals surface area (Å²) in [6, 6.07) is 19.4. The molecule has 158 valence electrons. The van der Waals surface area contributed by atoms with Crippen LogP contribution in [0.3, 0.4) is 0 Å². The van der Waals surface area contributed by atoms with Crippen LogP contribution in [0.5, 0.6) is 5.75 Å². The normalized spacial score (nSPS) is 16.2. The average Bonchev–Trinajstić information content (AvgIpc) is 3.34. The molecule has 1 unspecified atom stereocenters. The number of carbonyl (C=O) groups excluding carboxylic acids is 2. The Morgan fingerprint density at radius 3 is 2.56 bits per heavy atom. The van der Waals surface area contributed by atoms with Gasteiger partial charge >= 0.3 is 0 Å². The van der Waals surface area contributed by atoms with Gasteiger partial charge < -0.3 is 19.5 Å². The molecule has 1 aliphatic rings. The summed E-state index contributed by atoms with van der Waals surface area (Å²) in [6.45, 7) is 0.0704. The highest BCUT2D eigenvalue weighted by Crippen LogP contribution is 2.41. The van der Waals surface area contributed by atoms with E-state index in [2.05, 4.69) is 4.98 Å². The van der Waals surface area contributed by atoms with E-state index in [1.807, 2.05) is 12.1 Å². The Balaban J connectivity index is 1.61. The first-order chi connectivity index (χ1) is 15.5. The Morgan fingerprint density at radius 1 is 1.00 bits per heavy atom. The number of amides is 1. The van der Waals surface area contributed by atoms with Gasteiger partial charge in [-0.3, -0.25) is 14.6 Å². The first-order valence-corrected chi connectivity index (χ1v) is 9.99. The number of para-hydroxylation sites is 1. The Morgan fingerprint density at radius 2 is 1.81 bits per heavy atom. The molecule has 2 N–H and O–H groups in total. The quantitative estimate of drug-likeness (QED) is 0.461. The third-order valence-electron chi connectivity index (χ3n) is 5.44. The van der Waals surface area contributed by atoms with Crippen LogP contribution < -0.4 is 0 Å². The van der Waals surface area contributed by atoms with Crippen molar-refractivity contribution in [1.82, 2.24) is 9.88 Å². The van der Waals surface area contributed by atoms with E-state index in [1.54, 1.807) is 54.7 Å². The molecule has 1 atom stereocenters. The van der Waals surface area contributed by atoms with Gasteiger partial charge in [-0.15, -0.1) is 0 Å². The maximum Gasteiger partial charge on any atom is 0.290 e. The van der Waals surface area contributed by atoms with Gasteiger partial charge in [0.05, 0.1) is 23.9 Å². The van der Waals surface area contributed by atoms with Crippen molar-refractivity contribution in [3.8, 4) is 5.75 Å². The number of Topliss-reactive ketones (excluding diaryl/α,β-unsaturated/α-hetero) is 1. The SMILES string of the molecule is O=C(C1=C(O)C(=O)N(Cc2ccccn2)C1c1cccc(O)c1)c1cc2ccccc2o1. The largest absolute Gasteiger partial charge is 0.508 e. The second-order valence-electron chi connectivity index (χ2n) is 7.49. The number of aliphatic hydroxyl groups is 1. The zero-order chi connectivity index (χ0) is 22.2. The number of pyridine rings is 1. The van der Waals surface area contributed by atoms with Crippen molar-refractivity contribution in [3.63, 3.8) is 0 Å². The number of hydrogen-bond donors (Lipinski definition) is 2. The standard InChI is InChI=1S/C25H18N2O5/c28-18-9-5-7-16(12-18)22-21(23(29)20-13-15-6-1-2-10-19(15)32-20)24(30)25(31)27(22)14-17-8-3-4-11-26-17/h1-13,22,28,30H,14H2. The van der Waals surface area contributed by atoms with Crippen LogP contribution in [-0.4, -0.2) is 31.8 Å². The maximum atomic E-state index is 13.5. The number of aromatic nitrogens is 1. The molecule has 1 aliphatic heterocycles. The van der Waals surface area contributed by atoms with E-state index in [-0.39, 0.29) is 23.6 Å². The molecule has 0 spiro atoms. The van der Waals surface area contributed by atoms with Crippen molar-refractivity contribution >= 4 is 22.7 Å². The topological polar surface area (TPSA) is 104 Å². The lowest BCUT2D eigenvalue weighted by Crippen LogP contribution is -2.31. The number of phenols is 1. The first kappa shape index (κ1) is 19.6. The number of carbonyl (C=O) groups is 2. The molecule has 2 aromatic heterocycles. The summed E-state index contributed by atoms with van der Waals surface area (Å²) >= 11 is 0. The minimum Gasteiger partial charge on any atom is -0.508 e. The summed E-state index contributed by atoms with van der Waals surface area (Å²) < 4.78 is 5.70. The summed E-state index contributed by atoms with van der Waals surface area (Å²) in [5.74, 6) is -1.92. The number of benzene rings is 2. The van der Waals surface area contributed by atoms with Crippen molar-refractivity contribution in [2.45, 2.75) is 12.6 Å². The van der Waals surface area contributed by atoms with E-state index in [4.69, 9.17) is 4.42 Å². The van der Waals surface area contributed by atoms with Gasteiger partial charge in [-0.1, -0.05) is 36.4 Å². The molecule has 7 heteroatoms. The van der Waals surface area contributed by atoms with Crippen molar-refractivity contribution < 1.29 is 24.2 Å². The molecule has 7 nitrogen and oxygen atoms in total. The highest BCUT2D eigenvalue weighted by atomic mass is 16.3. The van der Waals surface area contributed by atoms with Crippen LogP contribution >= 0.6 is 0 Å². The van der Waals surface area contributed by atoms with Gasteiger partial charge in [-0.05, 0) is 42.0 Å². The zero-order valence-corrected chi connectivity index (χ0v) is 16.8. The summed E-state index contributed by atoms with van der Waals surface area (Å²) in [6.07, 6.45) is 1.60. The number of aliphatic hydroxyl groups excluding tert-OH is 1. The van der Waals surface area contributed by atoms with Gasteiger partial charge in [0.15, 0.2) is 11.5 Å². The summed E-state index contributed by atoms with van der Waals surface area (Å²) in [5, 5.41) is 21.5. The maximum absolute atomic E-state index is 13.5. The van der Waals surface area contributed by atoms with Crippen molar-refractivity contribution in [2.75, 3.05) is 0 Å². The predicted octanol–water partition coefficient (Wildman–Crippen LogP) is 4.31. The summed E-state index contributed by atoms with van der Waals surface area (Å²) in [7, 11) is 0. The van der Waals surface area contributed by atoms with Crippen LogP contribution in [0.2, 0.25) is 0 Å². The highest BCUT2D eigenvalue weighted by molar-refractivity contribution is 6.16. The van der Waals surface area contributed by atoms with Gasteiger partial charge in [-0.25, -0.2) is 0 Å². The molecule has 0 bridgehead atoms. The van der Waals surface area contributed by atoms with Crippen LogP contribution in [0.15, 0.2) is 94.7 Å². The van der Waals surface area contributed by atoms with Gasteiger partial charge in [0.25, 0.3) is 5.91 Å². The molecule has 0 saturated heterocycles. The lowest BCUT2D eigenvalue weighted by Gasteiger charge is -2.26.